The number of hydrogen-bond acceptors (Lipinski definition) is 3. The Hall–Kier alpha value is -0.930. The van der Waals surface area contributed by atoms with E-state index in [1.165, 1.54) is 38.0 Å². The van der Waals surface area contributed by atoms with E-state index in [1.54, 1.807) is 0 Å². The summed E-state index contributed by atoms with van der Waals surface area (Å²) in [6.45, 7) is 6.85. The summed E-state index contributed by atoms with van der Waals surface area (Å²) >= 11 is 0. The van der Waals surface area contributed by atoms with E-state index in [1.807, 2.05) is 6.20 Å². The summed E-state index contributed by atoms with van der Waals surface area (Å²) in [6.07, 6.45) is 4.70. The van der Waals surface area contributed by atoms with Gasteiger partial charge in [0.2, 0.25) is 0 Å². The Morgan fingerprint density at radius 2 is 2.18 bits per heavy atom. The van der Waals surface area contributed by atoms with E-state index in [2.05, 4.69) is 34.3 Å². The molecule has 1 unspecified atom stereocenters. The highest BCUT2D eigenvalue weighted by Gasteiger charge is 2.33. The van der Waals surface area contributed by atoms with Crippen LogP contribution in [0, 0.1) is 12.8 Å². The monoisotopic (exact) mass is 231 g/mol. The molecule has 3 aliphatic heterocycles. The van der Waals surface area contributed by atoms with Gasteiger partial charge >= 0.3 is 0 Å². The van der Waals surface area contributed by atoms with Crippen molar-refractivity contribution < 1.29 is 0 Å². The molecular formula is C14H21N3. The van der Waals surface area contributed by atoms with Crippen molar-refractivity contribution in [3.63, 3.8) is 0 Å². The third-order valence-corrected chi connectivity index (χ3v) is 4.17. The highest BCUT2D eigenvalue weighted by atomic mass is 15.2. The van der Waals surface area contributed by atoms with Gasteiger partial charge in [0.05, 0.1) is 5.69 Å². The van der Waals surface area contributed by atoms with Crippen LogP contribution in [-0.4, -0.2) is 35.6 Å². The van der Waals surface area contributed by atoms with E-state index >= 15 is 0 Å². The van der Waals surface area contributed by atoms with Gasteiger partial charge in [0.25, 0.3) is 0 Å². The van der Waals surface area contributed by atoms with Gasteiger partial charge in [-0.15, -0.1) is 0 Å². The number of hydrogen-bond donors (Lipinski definition) is 1. The maximum Gasteiger partial charge on any atom is 0.0541 e. The van der Waals surface area contributed by atoms with Gasteiger partial charge < -0.3 is 10.2 Å². The Morgan fingerprint density at radius 3 is 2.76 bits per heavy atom. The van der Waals surface area contributed by atoms with Crippen LogP contribution in [0.1, 0.15) is 24.1 Å². The van der Waals surface area contributed by atoms with Gasteiger partial charge in [-0.05, 0) is 50.4 Å². The minimum absolute atomic E-state index is 0.681. The highest BCUT2D eigenvalue weighted by Crippen LogP contribution is 2.27. The second kappa shape index (κ2) is 4.75. The predicted octanol–water partition coefficient (Wildman–Crippen LogP) is 1.57. The molecule has 3 fully saturated rings. The summed E-state index contributed by atoms with van der Waals surface area (Å²) in [6, 6.07) is 4.95. The molecule has 1 atom stereocenters. The van der Waals surface area contributed by atoms with Crippen LogP contribution in [0.15, 0.2) is 18.3 Å². The number of aryl methyl sites for hydroxylation is 1. The molecule has 3 nitrogen and oxygen atoms in total. The van der Waals surface area contributed by atoms with Gasteiger partial charge in [0.1, 0.15) is 0 Å². The Kier molecular flexibility index (Phi) is 3.12. The van der Waals surface area contributed by atoms with Gasteiger partial charge in [0, 0.05) is 25.3 Å². The molecule has 0 amide bonds. The van der Waals surface area contributed by atoms with Crippen molar-refractivity contribution in [2.45, 2.75) is 32.4 Å². The minimum atomic E-state index is 0.681. The van der Waals surface area contributed by atoms with Crippen LogP contribution in [0.3, 0.4) is 0 Å². The summed E-state index contributed by atoms with van der Waals surface area (Å²) in [5.41, 5.74) is 2.39. The molecule has 3 aliphatic rings. The molecule has 0 saturated carbocycles. The molecule has 0 aromatic carbocycles. The number of nitrogens with one attached hydrogen (secondary N) is 1. The molecule has 2 bridgehead atoms. The van der Waals surface area contributed by atoms with Crippen LogP contribution in [-0.2, 0) is 6.54 Å². The van der Waals surface area contributed by atoms with Crippen molar-refractivity contribution in [1.82, 2.24) is 15.2 Å². The lowest BCUT2D eigenvalue weighted by molar-refractivity contribution is 0.0718. The summed E-state index contributed by atoms with van der Waals surface area (Å²) in [5, 5.41) is 3.68. The van der Waals surface area contributed by atoms with Crippen molar-refractivity contribution >= 4 is 0 Å². The number of fused-ring (bicyclic) bond motifs is 3. The molecule has 92 valence electrons. The zero-order valence-electron chi connectivity index (χ0n) is 10.5. The summed E-state index contributed by atoms with van der Waals surface area (Å²) < 4.78 is 0. The van der Waals surface area contributed by atoms with Crippen LogP contribution in [0.25, 0.3) is 0 Å². The average molecular weight is 231 g/mol. The predicted molar refractivity (Wildman–Crippen MR) is 68.8 cm³/mol. The number of pyridine rings is 1. The second-order valence-electron chi connectivity index (χ2n) is 5.45. The SMILES string of the molecule is Cc1ccc(CNC2CN3CCC2CC3)nc1. The second-order valence-corrected chi connectivity index (χ2v) is 5.45. The number of nitrogens with zero attached hydrogens (tertiary/aromatic N) is 2. The lowest BCUT2D eigenvalue weighted by Crippen LogP contribution is -2.55. The van der Waals surface area contributed by atoms with Crippen molar-refractivity contribution in [3.8, 4) is 0 Å². The topological polar surface area (TPSA) is 28.2 Å². The van der Waals surface area contributed by atoms with Crippen molar-refractivity contribution in [3.05, 3.63) is 29.6 Å². The minimum Gasteiger partial charge on any atom is -0.307 e. The molecule has 0 radical (unpaired) electrons. The first-order chi connectivity index (χ1) is 8.31. The number of rotatable bonds is 3. The lowest BCUT2D eigenvalue weighted by atomic mass is 9.84. The van der Waals surface area contributed by atoms with Crippen molar-refractivity contribution in [1.29, 1.82) is 0 Å². The van der Waals surface area contributed by atoms with E-state index in [0.717, 1.165) is 18.2 Å². The molecule has 0 spiro atoms. The zero-order valence-corrected chi connectivity index (χ0v) is 10.5. The molecule has 3 heteroatoms. The molecule has 1 aromatic heterocycles. The summed E-state index contributed by atoms with van der Waals surface area (Å²) in [7, 11) is 0. The summed E-state index contributed by atoms with van der Waals surface area (Å²) in [4.78, 5) is 7.03. The summed E-state index contributed by atoms with van der Waals surface area (Å²) in [5.74, 6) is 0.894. The maximum absolute atomic E-state index is 4.45. The van der Waals surface area contributed by atoms with E-state index in [0.29, 0.717) is 6.04 Å². The molecule has 4 rings (SSSR count). The molecule has 17 heavy (non-hydrogen) atoms. The third kappa shape index (κ3) is 2.50. The smallest absolute Gasteiger partial charge is 0.0541 e. The van der Waals surface area contributed by atoms with Gasteiger partial charge in [-0.25, -0.2) is 0 Å². The first kappa shape index (κ1) is 11.2. The van der Waals surface area contributed by atoms with Gasteiger partial charge in [-0.1, -0.05) is 6.07 Å². The van der Waals surface area contributed by atoms with Gasteiger partial charge in [-0.2, -0.15) is 0 Å². The number of piperidine rings is 3. The van der Waals surface area contributed by atoms with Crippen LogP contribution in [0.2, 0.25) is 0 Å². The van der Waals surface area contributed by atoms with Crippen LogP contribution in [0.4, 0.5) is 0 Å². The van der Waals surface area contributed by atoms with Gasteiger partial charge in [0.15, 0.2) is 0 Å². The third-order valence-electron chi connectivity index (χ3n) is 4.17. The van der Waals surface area contributed by atoms with E-state index in [9.17, 15) is 0 Å². The maximum atomic E-state index is 4.45. The largest absolute Gasteiger partial charge is 0.307 e. The molecule has 4 heterocycles. The Morgan fingerprint density at radius 1 is 1.35 bits per heavy atom. The fraction of sp³-hybridized carbons (Fsp3) is 0.643. The standard InChI is InChI=1S/C14H21N3/c1-11-2-3-13(15-8-11)9-16-14-10-17-6-4-12(14)5-7-17/h2-3,8,12,14,16H,4-7,9-10H2,1H3. The molecule has 1 aromatic rings. The zero-order chi connectivity index (χ0) is 11.7. The Labute approximate surface area is 103 Å². The Balaban J connectivity index is 1.56. The first-order valence-electron chi connectivity index (χ1n) is 6.68. The first-order valence-corrected chi connectivity index (χ1v) is 6.68. The molecule has 1 N–H and O–H groups in total. The number of aromatic nitrogens is 1. The quantitative estimate of drug-likeness (QED) is 0.856. The highest BCUT2D eigenvalue weighted by molar-refractivity contribution is 5.12. The fourth-order valence-corrected chi connectivity index (χ4v) is 3.04. The van der Waals surface area contributed by atoms with Crippen molar-refractivity contribution in [2.75, 3.05) is 19.6 Å². The van der Waals surface area contributed by atoms with E-state index in [4.69, 9.17) is 0 Å². The van der Waals surface area contributed by atoms with Crippen LogP contribution >= 0.6 is 0 Å². The van der Waals surface area contributed by atoms with E-state index < -0.39 is 0 Å². The Bertz CT molecular complexity index is 366. The average Bonchev–Trinajstić information content (AvgIpc) is 2.39. The van der Waals surface area contributed by atoms with Gasteiger partial charge in [-0.3, -0.25) is 4.98 Å². The lowest BCUT2D eigenvalue weighted by Gasteiger charge is -2.45. The van der Waals surface area contributed by atoms with Crippen LogP contribution in [0.5, 0.6) is 0 Å². The van der Waals surface area contributed by atoms with Crippen molar-refractivity contribution in [2.24, 2.45) is 5.92 Å². The van der Waals surface area contributed by atoms with Crippen LogP contribution < -0.4 is 5.32 Å². The molecular weight excluding hydrogens is 210 g/mol. The molecule has 0 aliphatic carbocycles. The normalized spacial score (nSPS) is 31.7. The fourth-order valence-electron chi connectivity index (χ4n) is 3.04. The van der Waals surface area contributed by atoms with E-state index in [-0.39, 0.29) is 0 Å². The molecule has 3 saturated heterocycles.